The molecule has 0 aliphatic rings. The van der Waals surface area contributed by atoms with Crippen LogP contribution in [0.2, 0.25) is 5.02 Å². The number of phenolic OH excluding ortho intramolecular Hbond substituents is 1. The van der Waals surface area contributed by atoms with Gasteiger partial charge < -0.3 is 16.2 Å². The van der Waals surface area contributed by atoms with Crippen LogP contribution < -0.4 is 11.1 Å². The molecule has 0 saturated heterocycles. The first-order chi connectivity index (χ1) is 10.1. The van der Waals surface area contributed by atoms with Crippen molar-refractivity contribution >= 4 is 23.2 Å². The fraction of sp³-hybridized carbons (Fsp3) is 0.0625. The summed E-state index contributed by atoms with van der Waals surface area (Å²) in [7, 11) is 0. The lowest BCUT2D eigenvalue weighted by Gasteiger charge is -2.08. The zero-order chi connectivity index (χ0) is 15.2. The molecule has 2 aromatic carbocycles. The molecular formula is C16H13ClN2O2. The van der Waals surface area contributed by atoms with Gasteiger partial charge in [-0.2, -0.15) is 0 Å². The van der Waals surface area contributed by atoms with E-state index in [4.69, 9.17) is 17.3 Å². The van der Waals surface area contributed by atoms with Crippen molar-refractivity contribution in [1.29, 1.82) is 0 Å². The number of carbonyl (C=O) groups is 1. The Balaban J connectivity index is 2.27. The number of aromatic hydroxyl groups is 1. The highest BCUT2D eigenvalue weighted by Gasteiger charge is 2.09. The molecule has 0 bridgehead atoms. The number of hydrogen-bond donors (Lipinski definition) is 3. The number of benzene rings is 2. The zero-order valence-corrected chi connectivity index (χ0v) is 11.8. The summed E-state index contributed by atoms with van der Waals surface area (Å²) in [5, 5.41) is 12.5. The van der Waals surface area contributed by atoms with E-state index in [2.05, 4.69) is 17.2 Å². The lowest BCUT2D eigenvalue weighted by Crippen LogP contribution is -2.12. The topological polar surface area (TPSA) is 75.3 Å². The molecule has 0 radical (unpaired) electrons. The maximum absolute atomic E-state index is 12.2. The summed E-state index contributed by atoms with van der Waals surface area (Å²) in [5.41, 5.74) is 6.93. The van der Waals surface area contributed by atoms with Crippen LogP contribution in [0.4, 0.5) is 5.69 Å². The van der Waals surface area contributed by atoms with Crippen LogP contribution in [0.5, 0.6) is 5.75 Å². The van der Waals surface area contributed by atoms with Gasteiger partial charge in [0.05, 0.1) is 12.2 Å². The molecule has 106 valence electrons. The first-order valence-electron chi connectivity index (χ1n) is 6.19. The summed E-state index contributed by atoms with van der Waals surface area (Å²) < 4.78 is 0. The molecule has 0 unspecified atom stereocenters. The van der Waals surface area contributed by atoms with Crippen LogP contribution in [0.1, 0.15) is 15.9 Å². The van der Waals surface area contributed by atoms with E-state index in [1.165, 1.54) is 24.3 Å². The molecule has 2 rings (SSSR count). The standard InChI is InChI=1S/C16H13ClN2O2/c17-13-6-3-11(2-1-9-18)15(10-13)19-16(21)12-4-7-14(20)8-5-12/h3-8,10,20H,9,18H2,(H,19,21). The van der Waals surface area contributed by atoms with E-state index in [0.717, 1.165) is 0 Å². The fourth-order valence-corrected chi connectivity index (χ4v) is 1.85. The monoisotopic (exact) mass is 300 g/mol. The molecule has 5 heteroatoms. The maximum Gasteiger partial charge on any atom is 0.255 e. The van der Waals surface area contributed by atoms with Gasteiger partial charge in [-0.3, -0.25) is 4.79 Å². The average molecular weight is 301 g/mol. The highest BCUT2D eigenvalue weighted by molar-refractivity contribution is 6.31. The summed E-state index contributed by atoms with van der Waals surface area (Å²) in [5.74, 6) is 5.40. The molecule has 1 amide bonds. The van der Waals surface area contributed by atoms with Gasteiger partial charge >= 0.3 is 0 Å². The van der Waals surface area contributed by atoms with Gasteiger partial charge in [0.1, 0.15) is 5.75 Å². The van der Waals surface area contributed by atoms with Crippen molar-refractivity contribution in [2.24, 2.45) is 5.73 Å². The van der Waals surface area contributed by atoms with Gasteiger partial charge in [-0.15, -0.1) is 0 Å². The lowest BCUT2D eigenvalue weighted by atomic mass is 10.1. The Labute approximate surface area is 127 Å². The second-order valence-electron chi connectivity index (χ2n) is 4.20. The van der Waals surface area contributed by atoms with Crippen molar-refractivity contribution in [1.82, 2.24) is 0 Å². The largest absolute Gasteiger partial charge is 0.508 e. The minimum atomic E-state index is -0.312. The Morgan fingerprint density at radius 2 is 1.95 bits per heavy atom. The molecule has 0 spiro atoms. The highest BCUT2D eigenvalue weighted by Crippen LogP contribution is 2.21. The number of nitrogens with two attached hydrogens (primary N) is 1. The van der Waals surface area contributed by atoms with E-state index in [-0.39, 0.29) is 18.2 Å². The van der Waals surface area contributed by atoms with Crippen LogP contribution in [0.3, 0.4) is 0 Å². The first-order valence-corrected chi connectivity index (χ1v) is 6.57. The Kier molecular flexibility index (Phi) is 4.83. The van der Waals surface area contributed by atoms with Crippen molar-refractivity contribution in [3.05, 3.63) is 58.6 Å². The molecule has 0 aliphatic carbocycles. The normalized spacial score (nSPS) is 9.62. The highest BCUT2D eigenvalue weighted by atomic mass is 35.5. The average Bonchev–Trinajstić information content (AvgIpc) is 2.47. The predicted octanol–water partition coefficient (Wildman–Crippen LogP) is 2.61. The van der Waals surface area contributed by atoms with Gasteiger partial charge in [0.15, 0.2) is 0 Å². The molecule has 0 aliphatic heterocycles. The molecule has 2 aromatic rings. The molecule has 4 N–H and O–H groups in total. The minimum absolute atomic E-state index is 0.101. The third kappa shape index (κ3) is 3.99. The van der Waals surface area contributed by atoms with E-state index in [1.54, 1.807) is 18.2 Å². The molecule has 4 nitrogen and oxygen atoms in total. The van der Waals surface area contributed by atoms with E-state index >= 15 is 0 Å². The smallest absolute Gasteiger partial charge is 0.255 e. The second kappa shape index (κ2) is 6.80. The van der Waals surface area contributed by atoms with Gasteiger partial charge in [-0.25, -0.2) is 0 Å². The quantitative estimate of drug-likeness (QED) is 0.746. The number of anilines is 1. The van der Waals surface area contributed by atoms with Gasteiger partial charge in [-0.05, 0) is 42.5 Å². The predicted molar refractivity (Wildman–Crippen MR) is 83.4 cm³/mol. The molecule has 0 fully saturated rings. The maximum atomic E-state index is 12.2. The third-order valence-corrected chi connectivity index (χ3v) is 2.92. The Morgan fingerprint density at radius 1 is 1.24 bits per heavy atom. The first kappa shape index (κ1) is 14.9. The Morgan fingerprint density at radius 3 is 2.62 bits per heavy atom. The van der Waals surface area contributed by atoms with Gasteiger partial charge in [0.2, 0.25) is 0 Å². The van der Waals surface area contributed by atoms with Crippen LogP contribution in [-0.2, 0) is 0 Å². The number of hydrogen-bond acceptors (Lipinski definition) is 3. The van der Waals surface area contributed by atoms with Crippen molar-refractivity contribution in [3.8, 4) is 17.6 Å². The molecular weight excluding hydrogens is 288 g/mol. The summed E-state index contributed by atoms with van der Waals surface area (Å²) >= 11 is 5.94. The van der Waals surface area contributed by atoms with Crippen LogP contribution in [0.15, 0.2) is 42.5 Å². The number of halogens is 1. The number of rotatable bonds is 2. The van der Waals surface area contributed by atoms with E-state index in [9.17, 15) is 9.90 Å². The fourth-order valence-electron chi connectivity index (χ4n) is 1.68. The molecule has 21 heavy (non-hydrogen) atoms. The number of phenols is 1. The van der Waals surface area contributed by atoms with E-state index in [0.29, 0.717) is 21.8 Å². The summed E-state index contributed by atoms with van der Waals surface area (Å²) in [6.45, 7) is 0.230. The number of carbonyl (C=O) groups excluding carboxylic acids is 1. The van der Waals surface area contributed by atoms with E-state index in [1.807, 2.05) is 0 Å². The molecule has 0 saturated carbocycles. The number of nitrogens with one attached hydrogen (secondary N) is 1. The summed E-state index contributed by atoms with van der Waals surface area (Å²) in [6.07, 6.45) is 0. The lowest BCUT2D eigenvalue weighted by molar-refractivity contribution is 0.102. The minimum Gasteiger partial charge on any atom is -0.508 e. The Hall–Kier alpha value is -2.48. The summed E-state index contributed by atoms with van der Waals surface area (Å²) in [6, 6.07) is 11.0. The van der Waals surface area contributed by atoms with Crippen molar-refractivity contribution < 1.29 is 9.90 Å². The van der Waals surface area contributed by atoms with Gasteiger partial charge in [0.25, 0.3) is 5.91 Å². The third-order valence-electron chi connectivity index (χ3n) is 2.68. The SMILES string of the molecule is NCC#Cc1ccc(Cl)cc1NC(=O)c1ccc(O)cc1. The van der Waals surface area contributed by atoms with Crippen LogP contribution >= 0.6 is 11.6 Å². The Bertz CT molecular complexity index is 715. The number of amides is 1. The van der Waals surface area contributed by atoms with Crippen LogP contribution in [0, 0.1) is 11.8 Å². The van der Waals surface area contributed by atoms with Crippen molar-refractivity contribution in [3.63, 3.8) is 0 Å². The molecule has 0 atom stereocenters. The van der Waals surface area contributed by atoms with Crippen molar-refractivity contribution in [2.45, 2.75) is 0 Å². The van der Waals surface area contributed by atoms with Crippen LogP contribution in [0.25, 0.3) is 0 Å². The zero-order valence-electron chi connectivity index (χ0n) is 11.1. The molecule has 0 aromatic heterocycles. The summed E-state index contributed by atoms with van der Waals surface area (Å²) in [4.78, 5) is 12.2. The van der Waals surface area contributed by atoms with Crippen molar-refractivity contribution in [2.75, 3.05) is 11.9 Å². The van der Waals surface area contributed by atoms with Gasteiger partial charge in [-0.1, -0.05) is 23.4 Å². The van der Waals surface area contributed by atoms with Gasteiger partial charge in [0, 0.05) is 16.1 Å². The molecule has 0 heterocycles. The van der Waals surface area contributed by atoms with E-state index < -0.39 is 0 Å². The second-order valence-corrected chi connectivity index (χ2v) is 4.63. The van der Waals surface area contributed by atoms with Crippen LogP contribution in [-0.4, -0.2) is 17.6 Å².